The molecule has 0 heterocycles. The molecule has 3 rings (SSSR count). The Labute approximate surface area is 164 Å². The molecule has 0 spiro atoms. The van der Waals surface area contributed by atoms with E-state index in [9.17, 15) is 4.39 Å². The summed E-state index contributed by atoms with van der Waals surface area (Å²) in [5.74, 6) is 2.83. The molecule has 2 fully saturated rings. The highest BCUT2D eigenvalue weighted by molar-refractivity contribution is 5.21. The van der Waals surface area contributed by atoms with Crippen LogP contribution in [-0.2, 0) is 0 Å². The van der Waals surface area contributed by atoms with Crippen molar-refractivity contribution in [2.75, 3.05) is 0 Å². The summed E-state index contributed by atoms with van der Waals surface area (Å²) in [7, 11) is 0. The van der Waals surface area contributed by atoms with Gasteiger partial charge < -0.3 is 0 Å². The zero-order valence-electron chi connectivity index (χ0n) is 16.3. The van der Waals surface area contributed by atoms with E-state index in [1.165, 1.54) is 63.4 Å². The number of hydrogen-bond donors (Lipinski definition) is 0. The molecule has 0 aliphatic heterocycles. The van der Waals surface area contributed by atoms with Crippen molar-refractivity contribution in [1.82, 2.24) is 0 Å². The SMILES string of the molecule is N#CC=CCC[C@H]1CC[C@H](/C=C/[C@H]2CC[C@H](c3ccc(F)cc3)CC2)CC1. The minimum absolute atomic E-state index is 0.135. The molecule has 0 N–H and O–H groups in total. The highest BCUT2D eigenvalue weighted by Crippen LogP contribution is 2.37. The lowest BCUT2D eigenvalue weighted by atomic mass is 9.77. The van der Waals surface area contributed by atoms with Crippen LogP contribution in [0.3, 0.4) is 0 Å². The van der Waals surface area contributed by atoms with Gasteiger partial charge in [0.25, 0.3) is 0 Å². The van der Waals surface area contributed by atoms with Crippen LogP contribution in [0.5, 0.6) is 0 Å². The summed E-state index contributed by atoms with van der Waals surface area (Å²) in [6.07, 6.45) is 21.2. The van der Waals surface area contributed by atoms with Gasteiger partial charge in [0, 0.05) is 6.08 Å². The number of hydrogen-bond acceptors (Lipinski definition) is 1. The second-order valence-electron chi connectivity index (χ2n) is 8.44. The average molecular weight is 366 g/mol. The van der Waals surface area contributed by atoms with Crippen LogP contribution in [-0.4, -0.2) is 0 Å². The second-order valence-corrected chi connectivity index (χ2v) is 8.44. The van der Waals surface area contributed by atoms with Crippen molar-refractivity contribution in [2.24, 2.45) is 17.8 Å². The summed E-state index contributed by atoms with van der Waals surface area (Å²) >= 11 is 0. The molecule has 2 aliphatic rings. The zero-order valence-corrected chi connectivity index (χ0v) is 16.3. The van der Waals surface area contributed by atoms with E-state index in [1.807, 2.05) is 18.2 Å². The van der Waals surface area contributed by atoms with Gasteiger partial charge in [-0.15, -0.1) is 0 Å². The molecule has 144 valence electrons. The van der Waals surface area contributed by atoms with Gasteiger partial charge in [-0.2, -0.15) is 5.26 Å². The number of halogens is 1. The van der Waals surface area contributed by atoms with Crippen molar-refractivity contribution in [2.45, 2.75) is 70.1 Å². The van der Waals surface area contributed by atoms with Gasteiger partial charge >= 0.3 is 0 Å². The van der Waals surface area contributed by atoms with Crippen LogP contribution in [0.2, 0.25) is 0 Å². The minimum atomic E-state index is -0.135. The summed E-state index contributed by atoms with van der Waals surface area (Å²) in [6.45, 7) is 0. The van der Waals surface area contributed by atoms with Crippen LogP contribution in [0.25, 0.3) is 0 Å². The third-order valence-electron chi connectivity index (χ3n) is 6.59. The fourth-order valence-corrected chi connectivity index (χ4v) is 4.83. The van der Waals surface area contributed by atoms with E-state index in [2.05, 4.69) is 18.2 Å². The maximum absolute atomic E-state index is 13.1. The Morgan fingerprint density at radius 2 is 1.48 bits per heavy atom. The molecule has 0 bridgehead atoms. The molecule has 0 amide bonds. The van der Waals surface area contributed by atoms with E-state index < -0.39 is 0 Å². The Balaban J connectivity index is 1.36. The fraction of sp³-hybridized carbons (Fsp3) is 0.560. The first-order valence-electron chi connectivity index (χ1n) is 10.7. The number of benzene rings is 1. The van der Waals surface area contributed by atoms with Crippen LogP contribution in [0.1, 0.15) is 75.7 Å². The molecule has 1 nitrogen and oxygen atoms in total. The third kappa shape index (κ3) is 6.35. The van der Waals surface area contributed by atoms with Gasteiger partial charge in [0.05, 0.1) is 6.07 Å². The van der Waals surface area contributed by atoms with Crippen LogP contribution in [0.4, 0.5) is 4.39 Å². The Morgan fingerprint density at radius 3 is 2.07 bits per heavy atom. The molecule has 0 saturated heterocycles. The van der Waals surface area contributed by atoms with Crippen molar-refractivity contribution in [1.29, 1.82) is 5.26 Å². The molecule has 0 atom stereocenters. The Hall–Kier alpha value is -1.88. The summed E-state index contributed by atoms with van der Waals surface area (Å²) in [6, 6.07) is 9.19. The summed E-state index contributed by atoms with van der Waals surface area (Å²) in [5, 5.41) is 8.53. The second kappa shape index (κ2) is 10.5. The van der Waals surface area contributed by atoms with Gasteiger partial charge in [-0.25, -0.2) is 4.39 Å². The van der Waals surface area contributed by atoms with Gasteiger partial charge in [0.2, 0.25) is 0 Å². The summed E-state index contributed by atoms with van der Waals surface area (Å²) < 4.78 is 13.1. The molecule has 1 aromatic carbocycles. The normalized spacial score (nSPS) is 29.2. The first kappa shape index (κ1) is 19.9. The first-order chi connectivity index (χ1) is 13.2. The predicted molar refractivity (Wildman–Crippen MR) is 110 cm³/mol. The number of nitriles is 1. The predicted octanol–water partition coefficient (Wildman–Crippen LogP) is 7.32. The van der Waals surface area contributed by atoms with E-state index in [-0.39, 0.29) is 5.82 Å². The minimum Gasteiger partial charge on any atom is -0.207 e. The lowest BCUT2D eigenvalue weighted by Gasteiger charge is -2.29. The number of nitrogens with zero attached hydrogens (tertiary/aromatic N) is 1. The molecule has 27 heavy (non-hydrogen) atoms. The van der Waals surface area contributed by atoms with Gasteiger partial charge in [-0.1, -0.05) is 30.4 Å². The molecule has 0 aromatic heterocycles. The smallest absolute Gasteiger partial charge is 0.123 e. The lowest BCUT2D eigenvalue weighted by Crippen LogP contribution is -2.14. The highest BCUT2D eigenvalue weighted by atomic mass is 19.1. The summed E-state index contributed by atoms with van der Waals surface area (Å²) in [5.41, 5.74) is 1.31. The van der Waals surface area contributed by atoms with Crippen molar-refractivity contribution in [3.63, 3.8) is 0 Å². The molecule has 2 aliphatic carbocycles. The molecule has 2 saturated carbocycles. The van der Waals surface area contributed by atoms with E-state index in [4.69, 9.17) is 5.26 Å². The fourth-order valence-electron chi connectivity index (χ4n) is 4.83. The van der Waals surface area contributed by atoms with Crippen molar-refractivity contribution in [3.05, 3.63) is 60.0 Å². The lowest BCUT2D eigenvalue weighted by molar-refractivity contribution is 0.295. The topological polar surface area (TPSA) is 23.8 Å². The van der Waals surface area contributed by atoms with Crippen molar-refractivity contribution < 1.29 is 4.39 Å². The number of rotatable bonds is 6. The first-order valence-corrected chi connectivity index (χ1v) is 10.7. The van der Waals surface area contributed by atoms with E-state index in [1.54, 1.807) is 18.2 Å². The summed E-state index contributed by atoms with van der Waals surface area (Å²) in [4.78, 5) is 0. The van der Waals surface area contributed by atoms with Crippen molar-refractivity contribution >= 4 is 0 Å². The molecular formula is C25H32FN. The molecule has 2 heteroatoms. The molecule has 1 aromatic rings. The van der Waals surface area contributed by atoms with Crippen LogP contribution < -0.4 is 0 Å². The maximum atomic E-state index is 13.1. The quantitative estimate of drug-likeness (QED) is 0.382. The number of allylic oxidation sites excluding steroid dienone is 4. The molecule has 0 unspecified atom stereocenters. The van der Waals surface area contributed by atoms with E-state index in [0.717, 1.165) is 24.2 Å². The van der Waals surface area contributed by atoms with Crippen LogP contribution in [0.15, 0.2) is 48.6 Å². The standard InChI is InChI=1S/C25H32FN/c26-25-17-15-24(16-18-25)23-13-11-22(12-14-23)10-9-21-7-5-20(6-8-21)4-2-1-3-19-27/h1,3,9-10,15-18,20-23H,2,4-8,11-14H2/b3-1?,10-9+/t20-,21-,22-,23-. The van der Waals surface area contributed by atoms with Crippen molar-refractivity contribution in [3.8, 4) is 6.07 Å². The Kier molecular flexibility index (Phi) is 7.69. The van der Waals surface area contributed by atoms with Gasteiger partial charge in [0.1, 0.15) is 5.82 Å². The maximum Gasteiger partial charge on any atom is 0.123 e. The van der Waals surface area contributed by atoms with Crippen LogP contribution in [0, 0.1) is 34.9 Å². The van der Waals surface area contributed by atoms with E-state index in [0.29, 0.717) is 5.92 Å². The third-order valence-corrected chi connectivity index (χ3v) is 6.59. The van der Waals surface area contributed by atoms with Gasteiger partial charge in [-0.3, -0.25) is 0 Å². The zero-order chi connectivity index (χ0) is 18.9. The Bertz CT molecular complexity index is 651. The van der Waals surface area contributed by atoms with Gasteiger partial charge in [-0.05, 0) is 106 Å². The highest BCUT2D eigenvalue weighted by Gasteiger charge is 2.22. The largest absolute Gasteiger partial charge is 0.207 e. The van der Waals surface area contributed by atoms with E-state index >= 15 is 0 Å². The van der Waals surface area contributed by atoms with Gasteiger partial charge in [0.15, 0.2) is 0 Å². The molecular weight excluding hydrogens is 333 g/mol. The average Bonchev–Trinajstić information content (AvgIpc) is 2.72. The Morgan fingerprint density at radius 1 is 0.889 bits per heavy atom. The molecule has 0 radical (unpaired) electrons. The monoisotopic (exact) mass is 365 g/mol. The van der Waals surface area contributed by atoms with Crippen LogP contribution >= 0.6 is 0 Å².